The number of aliphatic hydroxyl groups is 1. The van der Waals surface area contributed by atoms with Crippen LogP contribution in [0.15, 0.2) is 24.3 Å². The van der Waals surface area contributed by atoms with Gasteiger partial charge in [0.05, 0.1) is 12.0 Å². The molecule has 0 radical (unpaired) electrons. The number of carboxylic acids is 1. The second kappa shape index (κ2) is 13.1. The molecule has 4 heteroatoms. The van der Waals surface area contributed by atoms with Gasteiger partial charge in [-0.25, -0.2) is 0 Å². The van der Waals surface area contributed by atoms with Crippen molar-refractivity contribution < 1.29 is 19.7 Å². The van der Waals surface area contributed by atoms with Gasteiger partial charge in [-0.1, -0.05) is 70.3 Å². The van der Waals surface area contributed by atoms with Crippen molar-refractivity contribution >= 4 is 5.97 Å². The monoisotopic (exact) mass is 352 g/mol. The highest BCUT2D eigenvalue weighted by molar-refractivity contribution is 5.69. The van der Waals surface area contributed by atoms with Crippen molar-refractivity contribution in [2.24, 2.45) is 5.92 Å². The van der Waals surface area contributed by atoms with Gasteiger partial charge in [0.1, 0.15) is 12.2 Å². The minimum absolute atomic E-state index is 0.00435. The Balaban J connectivity index is 2.01. The fourth-order valence-corrected chi connectivity index (χ4v) is 2.89. The number of epoxide rings is 1. The molecular weight excluding hydrogens is 316 g/mol. The zero-order chi connectivity index (χ0) is 18.5. The molecule has 0 aromatic rings. The summed E-state index contributed by atoms with van der Waals surface area (Å²) in [5.74, 6) is -1.13. The van der Waals surface area contributed by atoms with Crippen LogP contribution in [0.3, 0.4) is 0 Å². The standard InChI is InChI=1S/C21H36O4/c1-3-4-5-6-7-8-9-10-11-12-13-14-18(22)20-19(25-20)16-15-17(2)21(23)24/h10-11,13-14,17-20,22H,3-9,12,15-16H2,1-2H3,(H,23,24)/b11-10-,14-13-. The van der Waals surface area contributed by atoms with E-state index in [1.807, 2.05) is 6.08 Å². The summed E-state index contributed by atoms with van der Waals surface area (Å²) in [6.45, 7) is 3.94. The summed E-state index contributed by atoms with van der Waals surface area (Å²) in [6.07, 6.45) is 18.6. The van der Waals surface area contributed by atoms with Gasteiger partial charge in [-0.05, 0) is 32.1 Å². The van der Waals surface area contributed by atoms with Crippen LogP contribution < -0.4 is 0 Å². The molecule has 4 atom stereocenters. The summed E-state index contributed by atoms with van der Waals surface area (Å²) in [7, 11) is 0. The van der Waals surface area contributed by atoms with Crippen molar-refractivity contribution in [1.82, 2.24) is 0 Å². The molecule has 1 fully saturated rings. The van der Waals surface area contributed by atoms with Crippen LogP contribution in [0.1, 0.15) is 78.1 Å². The summed E-state index contributed by atoms with van der Waals surface area (Å²) in [6, 6.07) is 0. The quantitative estimate of drug-likeness (QED) is 0.251. The molecule has 0 aromatic heterocycles. The smallest absolute Gasteiger partial charge is 0.306 e. The van der Waals surface area contributed by atoms with Crippen LogP contribution in [-0.4, -0.2) is 34.5 Å². The number of rotatable bonds is 15. The van der Waals surface area contributed by atoms with Crippen LogP contribution >= 0.6 is 0 Å². The number of carbonyl (C=O) groups is 1. The number of carboxylic acid groups (broad SMARTS) is 1. The van der Waals surface area contributed by atoms with E-state index in [1.165, 1.54) is 38.5 Å². The van der Waals surface area contributed by atoms with Gasteiger partial charge in [-0.3, -0.25) is 4.79 Å². The maximum absolute atomic E-state index is 10.8. The molecule has 144 valence electrons. The average Bonchev–Trinajstić information content (AvgIpc) is 3.37. The maximum atomic E-state index is 10.8. The number of aliphatic carboxylic acids is 1. The lowest BCUT2D eigenvalue weighted by Gasteiger charge is -2.04. The van der Waals surface area contributed by atoms with E-state index < -0.39 is 12.1 Å². The molecule has 4 unspecified atom stereocenters. The minimum atomic E-state index is -0.773. The molecule has 1 aliphatic rings. The van der Waals surface area contributed by atoms with Gasteiger partial charge in [0.2, 0.25) is 0 Å². The van der Waals surface area contributed by atoms with Crippen LogP contribution in [0, 0.1) is 5.92 Å². The van der Waals surface area contributed by atoms with E-state index in [2.05, 4.69) is 19.1 Å². The SMILES string of the molecule is CCCCCCCC/C=C\C/C=C\C(O)C1OC1CCC(C)C(=O)O. The lowest BCUT2D eigenvalue weighted by molar-refractivity contribution is -0.141. The summed E-state index contributed by atoms with van der Waals surface area (Å²) in [4.78, 5) is 10.8. The van der Waals surface area contributed by atoms with E-state index in [-0.39, 0.29) is 18.1 Å². The molecule has 1 aliphatic heterocycles. The predicted octanol–water partition coefficient (Wildman–Crippen LogP) is 4.87. The third-order valence-electron chi connectivity index (χ3n) is 4.76. The number of allylic oxidation sites excluding steroid dienone is 3. The third-order valence-corrected chi connectivity index (χ3v) is 4.76. The Bertz CT molecular complexity index is 416. The Kier molecular flexibility index (Phi) is 11.5. The first kappa shape index (κ1) is 21.9. The number of ether oxygens (including phenoxy) is 1. The number of hydrogen-bond acceptors (Lipinski definition) is 3. The number of hydrogen-bond donors (Lipinski definition) is 2. The van der Waals surface area contributed by atoms with Gasteiger partial charge in [-0.2, -0.15) is 0 Å². The minimum Gasteiger partial charge on any atom is -0.481 e. The molecule has 25 heavy (non-hydrogen) atoms. The van der Waals surface area contributed by atoms with Gasteiger partial charge >= 0.3 is 5.97 Å². The van der Waals surface area contributed by atoms with Crippen LogP contribution in [0.2, 0.25) is 0 Å². The zero-order valence-corrected chi connectivity index (χ0v) is 15.9. The molecule has 1 saturated heterocycles. The highest BCUT2D eigenvalue weighted by atomic mass is 16.6. The van der Waals surface area contributed by atoms with Crippen molar-refractivity contribution in [2.75, 3.05) is 0 Å². The first-order valence-corrected chi connectivity index (χ1v) is 9.94. The van der Waals surface area contributed by atoms with E-state index in [0.717, 1.165) is 12.8 Å². The molecule has 0 bridgehead atoms. The van der Waals surface area contributed by atoms with Crippen LogP contribution in [0.5, 0.6) is 0 Å². The fourth-order valence-electron chi connectivity index (χ4n) is 2.89. The van der Waals surface area contributed by atoms with E-state index in [1.54, 1.807) is 13.0 Å². The van der Waals surface area contributed by atoms with Crippen molar-refractivity contribution in [3.63, 3.8) is 0 Å². The summed E-state index contributed by atoms with van der Waals surface area (Å²) < 4.78 is 5.45. The molecule has 0 spiro atoms. The topological polar surface area (TPSA) is 70.1 Å². The highest BCUT2D eigenvalue weighted by Crippen LogP contribution is 2.31. The summed E-state index contributed by atoms with van der Waals surface area (Å²) >= 11 is 0. The van der Waals surface area contributed by atoms with E-state index >= 15 is 0 Å². The normalized spacial score (nSPS) is 22.5. The Hall–Kier alpha value is -1.13. The largest absolute Gasteiger partial charge is 0.481 e. The van der Waals surface area contributed by atoms with Crippen LogP contribution in [0.25, 0.3) is 0 Å². The molecule has 0 saturated carbocycles. The Morgan fingerprint density at radius 1 is 1.12 bits per heavy atom. The molecule has 0 aromatic carbocycles. The van der Waals surface area contributed by atoms with Gasteiger partial charge < -0.3 is 14.9 Å². The lowest BCUT2D eigenvalue weighted by atomic mass is 10.0. The third kappa shape index (κ3) is 10.5. The van der Waals surface area contributed by atoms with Crippen molar-refractivity contribution in [3.05, 3.63) is 24.3 Å². The van der Waals surface area contributed by atoms with Gasteiger partial charge in [-0.15, -0.1) is 0 Å². The van der Waals surface area contributed by atoms with Crippen molar-refractivity contribution in [2.45, 2.75) is 96.4 Å². The Labute approximate surface area is 153 Å². The molecule has 0 amide bonds. The summed E-state index contributed by atoms with van der Waals surface area (Å²) in [5, 5.41) is 18.9. The predicted molar refractivity (Wildman–Crippen MR) is 102 cm³/mol. The number of unbranched alkanes of at least 4 members (excludes halogenated alkanes) is 6. The van der Waals surface area contributed by atoms with Crippen LogP contribution in [0.4, 0.5) is 0 Å². The van der Waals surface area contributed by atoms with E-state index in [4.69, 9.17) is 9.84 Å². The first-order valence-electron chi connectivity index (χ1n) is 9.94. The average molecular weight is 353 g/mol. The van der Waals surface area contributed by atoms with Gasteiger partial charge in [0, 0.05) is 0 Å². The van der Waals surface area contributed by atoms with Gasteiger partial charge in [0.15, 0.2) is 0 Å². The molecule has 0 aliphatic carbocycles. The first-order chi connectivity index (χ1) is 12.1. The second-order valence-electron chi connectivity index (χ2n) is 7.14. The maximum Gasteiger partial charge on any atom is 0.306 e. The Morgan fingerprint density at radius 2 is 1.84 bits per heavy atom. The summed E-state index contributed by atoms with van der Waals surface area (Å²) in [5.41, 5.74) is 0. The lowest BCUT2D eigenvalue weighted by Crippen LogP contribution is -2.15. The molecule has 2 N–H and O–H groups in total. The van der Waals surface area contributed by atoms with Crippen molar-refractivity contribution in [1.29, 1.82) is 0 Å². The van der Waals surface area contributed by atoms with E-state index in [0.29, 0.717) is 12.8 Å². The molecule has 1 heterocycles. The molecule has 1 rings (SSSR count). The zero-order valence-electron chi connectivity index (χ0n) is 15.9. The van der Waals surface area contributed by atoms with Gasteiger partial charge in [0.25, 0.3) is 0 Å². The molecular formula is C21H36O4. The number of aliphatic hydroxyl groups excluding tert-OH is 1. The fraction of sp³-hybridized carbons (Fsp3) is 0.762. The molecule has 4 nitrogen and oxygen atoms in total. The van der Waals surface area contributed by atoms with Crippen molar-refractivity contribution in [3.8, 4) is 0 Å². The highest BCUT2D eigenvalue weighted by Gasteiger charge is 2.43. The Morgan fingerprint density at radius 3 is 2.56 bits per heavy atom. The van der Waals surface area contributed by atoms with Crippen LogP contribution in [-0.2, 0) is 9.53 Å². The van der Waals surface area contributed by atoms with E-state index in [9.17, 15) is 9.90 Å². The second-order valence-corrected chi connectivity index (χ2v) is 7.14.